The number of aromatic carboxylic acids is 2. The molecule has 0 radical (unpaired) electrons. The van der Waals surface area contributed by atoms with Crippen LogP contribution in [-0.4, -0.2) is 46.0 Å². The van der Waals surface area contributed by atoms with Crippen molar-refractivity contribution < 1.29 is 29.3 Å². The van der Waals surface area contributed by atoms with Gasteiger partial charge >= 0.3 is 11.9 Å². The molecule has 2 aromatic carbocycles. The Balaban J connectivity index is 0.000000194. The summed E-state index contributed by atoms with van der Waals surface area (Å²) in [7, 11) is 2.81. The molecule has 0 bridgehead atoms. The van der Waals surface area contributed by atoms with Gasteiger partial charge in [-0.05, 0) is 23.7 Å². The van der Waals surface area contributed by atoms with E-state index < -0.39 is 11.9 Å². The minimum absolute atomic E-state index is 0.0571. The second kappa shape index (κ2) is 8.56. The van der Waals surface area contributed by atoms with E-state index in [-0.39, 0.29) is 16.9 Å². The lowest BCUT2D eigenvalue weighted by Gasteiger charge is -2.07. The Bertz CT molecular complexity index is 1010. The molecule has 142 valence electrons. The van der Waals surface area contributed by atoms with Crippen LogP contribution >= 0.6 is 24.2 Å². The number of carboxylic acid groups (broad SMARTS) is 2. The van der Waals surface area contributed by atoms with Gasteiger partial charge in [-0.1, -0.05) is 4.49 Å². The van der Waals surface area contributed by atoms with E-state index in [9.17, 15) is 9.59 Å². The molecule has 0 spiro atoms. The quantitative estimate of drug-likeness (QED) is 0.377. The Morgan fingerprint density at radius 3 is 2.15 bits per heavy atom. The van der Waals surface area contributed by atoms with E-state index in [1.165, 1.54) is 32.4 Å². The molecule has 0 aliphatic heterocycles. The van der Waals surface area contributed by atoms with Crippen molar-refractivity contribution in [1.82, 2.24) is 9.59 Å². The molecule has 3 rings (SSSR count). The smallest absolute Gasteiger partial charge is 0.339 e. The second-order valence-corrected chi connectivity index (χ2v) is 6.28. The van der Waals surface area contributed by atoms with Crippen LogP contribution in [0.3, 0.4) is 0 Å². The van der Waals surface area contributed by atoms with Gasteiger partial charge in [0.25, 0.3) is 0 Å². The number of nitrogens with two attached hydrogens (primary N) is 1. The fourth-order valence-corrected chi connectivity index (χ4v) is 2.84. The van der Waals surface area contributed by atoms with Crippen molar-refractivity contribution in [3.63, 3.8) is 0 Å². The fourth-order valence-electron chi connectivity index (χ4n) is 2.06. The minimum atomic E-state index is -1.06. The first kappa shape index (κ1) is 20.3. The summed E-state index contributed by atoms with van der Waals surface area (Å²) in [5.41, 5.74) is 6.75. The lowest BCUT2D eigenvalue weighted by Crippen LogP contribution is -2.02. The van der Waals surface area contributed by atoms with Crippen LogP contribution in [0.4, 0.5) is 5.69 Å². The summed E-state index contributed by atoms with van der Waals surface area (Å²) in [6.45, 7) is 0. The highest BCUT2D eigenvalue weighted by Crippen LogP contribution is 2.28. The molecular weight excluding hydrogens is 394 g/mol. The normalized spacial score (nSPS) is 10.0. The minimum Gasteiger partial charge on any atom is -0.496 e. The number of carboxylic acids is 2. The van der Waals surface area contributed by atoms with Crippen LogP contribution in [-0.2, 0) is 0 Å². The third-order valence-electron chi connectivity index (χ3n) is 3.38. The van der Waals surface area contributed by atoms with E-state index in [2.05, 4.69) is 22.2 Å². The molecule has 0 atom stereocenters. The van der Waals surface area contributed by atoms with E-state index in [1.54, 1.807) is 6.07 Å². The maximum Gasteiger partial charge on any atom is 0.339 e. The zero-order chi connectivity index (χ0) is 20.1. The Hall–Kier alpha value is -3.05. The van der Waals surface area contributed by atoms with Gasteiger partial charge in [0.2, 0.25) is 0 Å². The molecule has 0 unspecified atom stereocenters. The van der Waals surface area contributed by atoms with Crippen LogP contribution in [0.5, 0.6) is 11.5 Å². The number of methoxy groups -OCH3 is 2. The number of nitrogens with zero attached hydrogens (tertiary/aromatic N) is 2. The van der Waals surface area contributed by atoms with E-state index in [1.807, 2.05) is 0 Å². The Labute approximate surface area is 162 Å². The van der Waals surface area contributed by atoms with Gasteiger partial charge in [0, 0.05) is 22.7 Å². The maximum atomic E-state index is 10.8. The number of nitrogen functional groups attached to an aromatic ring is 1. The summed E-state index contributed by atoms with van der Waals surface area (Å²) in [5, 5.41) is 21.5. The van der Waals surface area contributed by atoms with Gasteiger partial charge in [0.05, 0.1) is 18.9 Å². The highest BCUT2D eigenvalue weighted by atomic mass is 32.1. The molecule has 0 saturated carbocycles. The van der Waals surface area contributed by atoms with Gasteiger partial charge in [-0.3, -0.25) is 0 Å². The number of anilines is 1. The van der Waals surface area contributed by atoms with E-state index in [0.29, 0.717) is 21.8 Å². The summed E-state index contributed by atoms with van der Waals surface area (Å²) in [4.78, 5) is 21.9. The first-order valence-electron chi connectivity index (χ1n) is 7.21. The summed E-state index contributed by atoms with van der Waals surface area (Å²) in [6.07, 6.45) is 0. The van der Waals surface area contributed by atoms with Crippen molar-refractivity contribution in [3.05, 3.63) is 35.4 Å². The first-order valence-corrected chi connectivity index (χ1v) is 8.43. The van der Waals surface area contributed by atoms with Crippen molar-refractivity contribution in [1.29, 1.82) is 0 Å². The molecule has 27 heavy (non-hydrogen) atoms. The molecule has 1 heterocycles. The van der Waals surface area contributed by atoms with Gasteiger partial charge in [0.1, 0.15) is 28.1 Å². The van der Waals surface area contributed by atoms with Crippen molar-refractivity contribution in [2.24, 2.45) is 0 Å². The number of thiol groups is 1. The lowest BCUT2D eigenvalue weighted by molar-refractivity contribution is 0.0682. The number of hydrogen-bond donors (Lipinski definition) is 4. The number of aromatic nitrogens is 2. The van der Waals surface area contributed by atoms with Crippen molar-refractivity contribution in [2.45, 2.75) is 4.90 Å². The summed E-state index contributed by atoms with van der Waals surface area (Å²) in [6, 6.07) is 5.88. The zero-order valence-corrected chi connectivity index (χ0v) is 15.9. The largest absolute Gasteiger partial charge is 0.496 e. The monoisotopic (exact) mass is 409 g/mol. The SMILES string of the molecule is COc1cc(N)c(S)cc1C(=O)O.COc1cc2nnsc2cc1C(=O)O. The third kappa shape index (κ3) is 4.57. The fraction of sp³-hybridized carbons (Fsp3) is 0.125. The van der Waals surface area contributed by atoms with Crippen LogP contribution in [0, 0.1) is 0 Å². The average Bonchev–Trinajstić information content (AvgIpc) is 3.10. The van der Waals surface area contributed by atoms with Crippen molar-refractivity contribution in [3.8, 4) is 11.5 Å². The Morgan fingerprint density at radius 2 is 1.59 bits per heavy atom. The van der Waals surface area contributed by atoms with E-state index in [4.69, 9.17) is 25.4 Å². The highest BCUT2D eigenvalue weighted by molar-refractivity contribution is 7.80. The predicted molar refractivity (Wildman–Crippen MR) is 103 cm³/mol. The molecule has 11 heteroatoms. The van der Waals surface area contributed by atoms with Gasteiger partial charge in [0.15, 0.2) is 0 Å². The Morgan fingerprint density at radius 1 is 1.04 bits per heavy atom. The zero-order valence-electron chi connectivity index (χ0n) is 14.2. The topological polar surface area (TPSA) is 145 Å². The molecule has 0 fully saturated rings. The van der Waals surface area contributed by atoms with Crippen molar-refractivity contribution >= 4 is 52.0 Å². The number of rotatable bonds is 4. The average molecular weight is 409 g/mol. The molecule has 0 amide bonds. The molecule has 3 aromatic rings. The Kier molecular flexibility index (Phi) is 6.42. The van der Waals surface area contributed by atoms with Crippen LogP contribution in [0.2, 0.25) is 0 Å². The molecule has 0 saturated heterocycles. The number of hydrogen-bond acceptors (Lipinski definition) is 9. The van der Waals surface area contributed by atoms with E-state index >= 15 is 0 Å². The van der Waals surface area contributed by atoms with Gasteiger partial charge < -0.3 is 25.4 Å². The maximum absolute atomic E-state index is 10.8. The standard InChI is InChI=1S/C8H6N2O3S.C8H9NO3S/c1-13-6-3-5-7(14-10-9-5)2-4(6)8(11)12;1-12-6-3-5(9)7(13)2-4(6)8(10)11/h2-3H,1H3,(H,11,12);2-3,13H,9H2,1H3,(H,10,11). The third-order valence-corrected chi connectivity index (χ3v) is 4.45. The van der Waals surface area contributed by atoms with Crippen LogP contribution in [0.25, 0.3) is 10.2 Å². The van der Waals surface area contributed by atoms with Crippen molar-refractivity contribution in [2.75, 3.05) is 20.0 Å². The van der Waals surface area contributed by atoms with E-state index in [0.717, 1.165) is 16.2 Å². The summed E-state index contributed by atoms with van der Waals surface area (Å²) < 4.78 is 14.2. The first-order chi connectivity index (χ1) is 12.8. The number of ether oxygens (including phenoxy) is 2. The molecule has 9 nitrogen and oxygen atoms in total. The second-order valence-electron chi connectivity index (χ2n) is 5.01. The van der Waals surface area contributed by atoms with Gasteiger partial charge in [-0.25, -0.2) is 9.59 Å². The highest BCUT2D eigenvalue weighted by Gasteiger charge is 2.14. The number of carbonyl (C=O) groups is 2. The summed E-state index contributed by atoms with van der Waals surface area (Å²) >= 11 is 5.16. The molecule has 0 aliphatic rings. The molecule has 1 aromatic heterocycles. The van der Waals surface area contributed by atoms with Crippen LogP contribution in [0.1, 0.15) is 20.7 Å². The number of benzene rings is 2. The summed E-state index contributed by atoms with van der Waals surface area (Å²) in [5.74, 6) is -1.54. The molecular formula is C16H15N3O6S2. The molecule has 0 aliphatic carbocycles. The lowest BCUT2D eigenvalue weighted by atomic mass is 10.2. The number of fused-ring (bicyclic) bond motifs is 1. The van der Waals surface area contributed by atoms with Gasteiger partial charge in [-0.15, -0.1) is 17.7 Å². The predicted octanol–water partition coefficient (Wildman–Crippen LogP) is 2.66. The molecule has 4 N–H and O–H groups in total. The van der Waals surface area contributed by atoms with Crippen LogP contribution < -0.4 is 15.2 Å². The van der Waals surface area contributed by atoms with Crippen LogP contribution in [0.15, 0.2) is 29.2 Å². The van der Waals surface area contributed by atoms with Gasteiger partial charge in [-0.2, -0.15) is 0 Å².